The van der Waals surface area contributed by atoms with Crippen LogP contribution in [0.3, 0.4) is 0 Å². The minimum atomic E-state index is -1.07. The second kappa shape index (κ2) is 8.57. The molecule has 0 aliphatic carbocycles. The maximum atomic E-state index is 13.5. The number of nitrogens with one attached hydrogen (secondary N) is 1. The molecule has 0 aliphatic heterocycles. The molecule has 0 saturated heterocycles. The van der Waals surface area contributed by atoms with Crippen molar-refractivity contribution in [2.24, 2.45) is 5.73 Å². The van der Waals surface area contributed by atoms with Gasteiger partial charge in [-0.1, -0.05) is 18.2 Å². The summed E-state index contributed by atoms with van der Waals surface area (Å²) in [4.78, 5) is 34.8. The molecule has 134 valence electrons. The monoisotopic (exact) mass is 356 g/mol. The Kier molecular flexibility index (Phi) is 6.21. The second-order valence-electron chi connectivity index (χ2n) is 5.36. The Morgan fingerprint density at radius 1 is 1.12 bits per heavy atom. The molecular formula is C19H17FN2O4. The summed E-state index contributed by atoms with van der Waals surface area (Å²) in [5, 5.41) is 2.54. The van der Waals surface area contributed by atoms with Crippen LogP contribution in [0.5, 0.6) is 0 Å². The molecule has 1 atom stereocenters. The zero-order chi connectivity index (χ0) is 19.1. The number of halogens is 1. The fourth-order valence-electron chi connectivity index (χ4n) is 2.00. The minimum absolute atomic E-state index is 0.232. The fourth-order valence-corrected chi connectivity index (χ4v) is 2.00. The topological polar surface area (TPSA) is 98.5 Å². The van der Waals surface area contributed by atoms with Crippen molar-refractivity contribution in [3.8, 4) is 0 Å². The van der Waals surface area contributed by atoms with Gasteiger partial charge in [0.05, 0.1) is 0 Å². The summed E-state index contributed by atoms with van der Waals surface area (Å²) in [6.07, 6.45) is 1.25. The van der Waals surface area contributed by atoms with Crippen LogP contribution in [0.1, 0.15) is 22.8 Å². The second-order valence-corrected chi connectivity index (χ2v) is 5.36. The van der Waals surface area contributed by atoms with Gasteiger partial charge in [-0.05, 0) is 43.3 Å². The Bertz CT molecular complexity index is 847. The summed E-state index contributed by atoms with van der Waals surface area (Å²) >= 11 is 0. The molecular weight excluding hydrogens is 339 g/mol. The highest BCUT2D eigenvalue weighted by Crippen LogP contribution is 2.11. The van der Waals surface area contributed by atoms with Crippen molar-refractivity contribution in [3.63, 3.8) is 0 Å². The molecule has 2 aromatic rings. The lowest BCUT2D eigenvalue weighted by Crippen LogP contribution is -2.29. The predicted molar refractivity (Wildman–Crippen MR) is 94.6 cm³/mol. The number of hydrogen-bond acceptors (Lipinski definition) is 4. The maximum absolute atomic E-state index is 13.5. The molecule has 7 heteroatoms. The van der Waals surface area contributed by atoms with Gasteiger partial charge in [-0.3, -0.25) is 9.59 Å². The third kappa shape index (κ3) is 5.27. The van der Waals surface area contributed by atoms with Crippen molar-refractivity contribution in [3.05, 3.63) is 71.6 Å². The Hall–Kier alpha value is -3.48. The Morgan fingerprint density at radius 3 is 2.38 bits per heavy atom. The van der Waals surface area contributed by atoms with E-state index in [1.807, 2.05) is 0 Å². The van der Waals surface area contributed by atoms with E-state index in [1.165, 1.54) is 55.5 Å². The van der Waals surface area contributed by atoms with E-state index in [1.54, 1.807) is 6.07 Å². The first-order valence-electron chi connectivity index (χ1n) is 7.71. The largest absolute Gasteiger partial charge is 0.449 e. The SMILES string of the molecule is C[C@H](OC(=O)/C=C/c1ccccc1F)C(=O)Nc1ccc(C(N)=O)cc1. The summed E-state index contributed by atoms with van der Waals surface area (Å²) < 4.78 is 18.4. The van der Waals surface area contributed by atoms with Gasteiger partial charge in [-0.15, -0.1) is 0 Å². The van der Waals surface area contributed by atoms with Crippen LogP contribution < -0.4 is 11.1 Å². The van der Waals surface area contributed by atoms with Crippen molar-refractivity contribution in [1.29, 1.82) is 0 Å². The van der Waals surface area contributed by atoms with Crippen LogP contribution in [0.25, 0.3) is 6.08 Å². The summed E-state index contributed by atoms with van der Waals surface area (Å²) in [5.41, 5.74) is 6.09. The number of hydrogen-bond donors (Lipinski definition) is 2. The molecule has 2 amide bonds. The lowest BCUT2D eigenvalue weighted by atomic mass is 10.2. The van der Waals surface area contributed by atoms with Crippen LogP contribution in [0, 0.1) is 5.82 Å². The normalized spacial score (nSPS) is 11.8. The van der Waals surface area contributed by atoms with E-state index in [-0.39, 0.29) is 5.56 Å². The smallest absolute Gasteiger partial charge is 0.331 e. The number of esters is 1. The van der Waals surface area contributed by atoms with Gasteiger partial charge in [-0.25, -0.2) is 9.18 Å². The number of carbonyl (C=O) groups excluding carboxylic acids is 3. The lowest BCUT2D eigenvalue weighted by molar-refractivity contribution is -0.148. The quantitative estimate of drug-likeness (QED) is 0.614. The zero-order valence-electron chi connectivity index (χ0n) is 13.9. The molecule has 0 radical (unpaired) electrons. The number of nitrogens with two attached hydrogens (primary N) is 1. The van der Waals surface area contributed by atoms with Gasteiger partial charge in [0.1, 0.15) is 5.82 Å². The molecule has 0 unspecified atom stereocenters. The lowest BCUT2D eigenvalue weighted by Gasteiger charge is -2.12. The first-order chi connectivity index (χ1) is 12.4. The highest BCUT2D eigenvalue weighted by molar-refractivity contribution is 5.97. The average molecular weight is 356 g/mol. The number of primary amides is 1. The molecule has 3 N–H and O–H groups in total. The van der Waals surface area contributed by atoms with E-state index in [9.17, 15) is 18.8 Å². The zero-order valence-corrected chi connectivity index (χ0v) is 13.9. The average Bonchev–Trinajstić information content (AvgIpc) is 2.61. The maximum Gasteiger partial charge on any atom is 0.331 e. The van der Waals surface area contributed by atoms with E-state index >= 15 is 0 Å². The van der Waals surface area contributed by atoms with Crippen molar-refractivity contribution < 1.29 is 23.5 Å². The molecule has 26 heavy (non-hydrogen) atoms. The van der Waals surface area contributed by atoms with Gasteiger partial charge in [0, 0.05) is 22.9 Å². The van der Waals surface area contributed by atoms with Crippen molar-refractivity contribution >= 4 is 29.5 Å². The number of carbonyl (C=O) groups is 3. The molecule has 2 aromatic carbocycles. The van der Waals surface area contributed by atoms with Crippen LogP contribution in [-0.2, 0) is 14.3 Å². The van der Waals surface area contributed by atoms with Crippen molar-refractivity contribution in [2.45, 2.75) is 13.0 Å². The fraction of sp³-hybridized carbons (Fsp3) is 0.105. The number of benzene rings is 2. The highest BCUT2D eigenvalue weighted by atomic mass is 19.1. The summed E-state index contributed by atoms with van der Waals surface area (Å²) in [6.45, 7) is 1.40. The molecule has 0 aliphatic rings. The molecule has 0 spiro atoms. The predicted octanol–water partition coefficient (Wildman–Crippen LogP) is 2.51. The Labute approximate surface area is 149 Å². The van der Waals surface area contributed by atoms with Crippen LogP contribution in [-0.4, -0.2) is 23.9 Å². The first-order valence-corrected chi connectivity index (χ1v) is 7.71. The third-order valence-corrected chi connectivity index (χ3v) is 3.40. The number of ether oxygens (including phenoxy) is 1. The Balaban J connectivity index is 1.90. The number of rotatable bonds is 6. The molecule has 0 bridgehead atoms. The van der Waals surface area contributed by atoms with Gasteiger partial charge in [0.2, 0.25) is 5.91 Å². The van der Waals surface area contributed by atoms with Crippen LogP contribution in [0.15, 0.2) is 54.6 Å². The van der Waals surface area contributed by atoms with E-state index in [2.05, 4.69) is 5.32 Å². The minimum Gasteiger partial charge on any atom is -0.449 e. The van der Waals surface area contributed by atoms with Crippen LogP contribution in [0.2, 0.25) is 0 Å². The summed E-state index contributed by atoms with van der Waals surface area (Å²) in [6, 6.07) is 11.9. The number of amides is 2. The Morgan fingerprint density at radius 2 is 1.77 bits per heavy atom. The van der Waals surface area contributed by atoms with Crippen molar-refractivity contribution in [1.82, 2.24) is 0 Å². The summed E-state index contributed by atoms with van der Waals surface area (Å²) in [5.74, 6) is -2.38. The van der Waals surface area contributed by atoms with E-state index < -0.39 is 29.7 Å². The van der Waals surface area contributed by atoms with Gasteiger partial charge in [0.25, 0.3) is 5.91 Å². The van der Waals surface area contributed by atoms with E-state index in [0.29, 0.717) is 11.3 Å². The standard InChI is InChI=1S/C19H17FN2O4/c1-12(19(25)22-15-9-6-14(7-10-15)18(21)24)26-17(23)11-8-13-4-2-3-5-16(13)20/h2-12H,1H3,(H2,21,24)(H,22,25)/b11-8+/t12-/m0/s1. The molecule has 0 fully saturated rings. The van der Waals surface area contributed by atoms with Crippen molar-refractivity contribution in [2.75, 3.05) is 5.32 Å². The van der Waals surface area contributed by atoms with Gasteiger partial charge in [0.15, 0.2) is 6.10 Å². The van der Waals surface area contributed by atoms with Gasteiger partial charge in [-0.2, -0.15) is 0 Å². The first kappa shape index (κ1) is 18.9. The molecule has 2 rings (SSSR count). The van der Waals surface area contributed by atoms with E-state index in [0.717, 1.165) is 6.08 Å². The van der Waals surface area contributed by atoms with Gasteiger partial charge >= 0.3 is 5.97 Å². The number of anilines is 1. The third-order valence-electron chi connectivity index (χ3n) is 3.40. The molecule has 6 nitrogen and oxygen atoms in total. The molecule has 0 heterocycles. The van der Waals surface area contributed by atoms with Crippen LogP contribution in [0.4, 0.5) is 10.1 Å². The highest BCUT2D eigenvalue weighted by Gasteiger charge is 2.16. The molecule has 0 saturated carbocycles. The molecule has 0 aromatic heterocycles. The van der Waals surface area contributed by atoms with E-state index in [4.69, 9.17) is 10.5 Å². The van der Waals surface area contributed by atoms with Crippen LogP contribution >= 0.6 is 0 Å². The van der Waals surface area contributed by atoms with Gasteiger partial charge < -0.3 is 15.8 Å². The summed E-state index contributed by atoms with van der Waals surface area (Å²) in [7, 11) is 0.